The van der Waals surface area contributed by atoms with E-state index in [0.29, 0.717) is 18.3 Å². The molecule has 2 aromatic carbocycles. The van der Waals surface area contributed by atoms with Gasteiger partial charge >= 0.3 is 0 Å². The molecule has 0 amide bonds. The molecule has 38 heavy (non-hydrogen) atoms. The van der Waals surface area contributed by atoms with Crippen LogP contribution in [0.15, 0.2) is 65.8 Å². The Hall–Kier alpha value is -2.08. The average molecular weight is 556 g/mol. The van der Waals surface area contributed by atoms with Gasteiger partial charge in [0.25, 0.3) is 8.32 Å². The summed E-state index contributed by atoms with van der Waals surface area (Å²) >= 11 is 1.41. The summed E-state index contributed by atoms with van der Waals surface area (Å²) in [6.45, 7) is 10.7. The number of hydrogen-bond acceptors (Lipinski definition) is 8. The first-order valence-electron chi connectivity index (χ1n) is 13.4. The summed E-state index contributed by atoms with van der Waals surface area (Å²) in [4.78, 5) is 2.29. The Balaban J connectivity index is 1.66. The molecular weight excluding hydrogens is 514 g/mol. The lowest BCUT2D eigenvalue weighted by atomic mass is 9.95. The molecule has 206 valence electrons. The first-order chi connectivity index (χ1) is 18.2. The van der Waals surface area contributed by atoms with Crippen LogP contribution >= 0.6 is 11.8 Å². The highest BCUT2D eigenvalue weighted by Gasteiger charge is 2.52. The van der Waals surface area contributed by atoms with Crippen molar-refractivity contribution in [2.24, 2.45) is 7.05 Å². The van der Waals surface area contributed by atoms with E-state index in [1.807, 2.05) is 12.1 Å². The van der Waals surface area contributed by atoms with Gasteiger partial charge in [0.2, 0.25) is 5.16 Å². The van der Waals surface area contributed by atoms with Gasteiger partial charge in [0.05, 0.1) is 30.1 Å². The molecule has 10 heteroatoms. The van der Waals surface area contributed by atoms with Gasteiger partial charge in [0.1, 0.15) is 0 Å². The molecule has 2 heterocycles. The fourth-order valence-electron chi connectivity index (χ4n) is 5.50. The summed E-state index contributed by atoms with van der Waals surface area (Å²) in [5.41, 5.74) is 0. The Labute approximate surface area is 231 Å². The highest BCUT2D eigenvalue weighted by Crippen LogP contribution is 2.38. The van der Waals surface area contributed by atoms with E-state index in [1.165, 1.54) is 22.1 Å². The van der Waals surface area contributed by atoms with Crippen LogP contribution in [-0.4, -0.2) is 86.8 Å². The lowest BCUT2D eigenvalue weighted by Crippen LogP contribution is -2.69. The zero-order chi connectivity index (χ0) is 27.3. The maximum Gasteiger partial charge on any atom is 0.261 e. The molecule has 0 bridgehead atoms. The molecule has 1 aliphatic rings. The van der Waals surface area contributed by atoms with Crippen molar-refractivity contribution in [3.8, 4) is 0 Å². The van der Waals surface area contributed by atoms with E-state index in [4.69, 9.17) is 4.43 Å². The molecule has 1 aromatic heterocycles. The third kappa shape index (κ3) is 5.90. The summed E-state index contributed by atoms with van der Waals surface area (Å²) in [6.07, 6.45) is 0.156. The number of piperidine rings is 1. The molecule has 8 nitrogen and oxygen atoms in total. The molecule has 0 aliphatic carbocycles. The van der Waals surface area contributed by atoms with E-state index < -0.39 is 20.5 Å². The van der Waals surface area contributed by atoms with Crippen LogP contribution in [0.2, 0.25) is 5.04 Å². The third-order valence-corrected chi connectivity index (χ3v) is 13.8. The average Bonchev–Trinajstić information content (AvgIpc) is 3.31. The topological polar surface area (TPSA) is 96.5 Å². The Morgan fingerprint density at radius 1 is 1.00 bits per heavy atom. The standard InChI is InChI=1S/C28H41N5O3SSi/c1-6-7-18-33-19-24(37-27-29-30-31-32(27)5)26(35)25(34)23(33)20-36-38(28(2,3)4,21-14-10-8-11-15-21)22-16-12-9-13-17-22/h8-17,23-26,34-35H,6-7,18-20H2,1-5H3/t23?,24-,25+,26+/m0/s1. The van der Waals surface area contributed by atoms with Crippen molar-refractivity contribution >= 4 is 30.5 Å². The van der Waals surface area contributed by atoms with Gasteiger partial charge in [-0.05, 0) is 38.8 Å². The first-order valence-corrected chi connectivity index (χ1v) is 16.2. The minimum absolute atomic E-state index is 0.168. The smallest absolute Gasteiger partial charge is 0.261 e. The summed E-state index contributed by atoms with van der Waals surface area (Å²) in [5.74, 6) is 0. The molecule has 2 N–H and O–H groups in total. The van der Waals surface area contributed by atoms with Gasteiger partial charge in [-0.3, -0.25) is 4.90 Å². The molecule has 4 atom stereocenters. The molecule has 0 spiro atoms. The normalized spacial score (nSPS) is 23.0. The van der Waals surface area contributed by atoms with Gasteiger partial charge in [0.15, 0.2) is 0 Å². The number of unbranched alkanes of at least 4 members (excludes halogenated alkanes) is 1. The fourth-order valence-corrected chi connectivity index (χ4v) is 11.2. The number of aliphatic hydroxyl groups is 2. The Kier molecular flexibility index (Phi) is 9.43. The largest absolute Gasteiger partial charge is 0.406 e. The molecule has 1 unspecified atom stereocenters. The number of hydrogen-bond donors (Lipinski definition) is 2. The number of aromatic nitrogens is 4. The number of aryl methyl sites for hydroxylation is 1. The summed E-state index contributed by atoms with van der Waals surface area (Å²) in [5, 5.41) is 37.0. The highest BCUT2D eigenvalue weighted by atomic mass is 32.2. The Bertz CT molecular complexity index is 1100. The number of thioether (sulfide) groups is 1. The predicted molar refractivity (Wildman–Crippen MR) is 154 cm³/mol. The highest BCUT2D eigenvalue weighted by molar-refractivity contribution is 7.99. The van der Waals surface area contributed by atoms with Crippen LogP contribution in [0.5, 0.6) is 0 Å². The fraction of sp³-hybridized carbons (Fsp3) is 0.536. The van der Waals surface area contributed by atoms with Gasteiger partial charge in [-0.1, -0.05) is 107 Å². The molecular formula is C28H41N5O3SSi. The Morgan fingerprint density at radius 3 is 2.11 bits per heavy atom. The number of tetrazole rings is 1. The van der Waals surface area contributed by atoms with Crippen LogP contribution in [0.3, 0.4) is 0 Å². The minimum Gasteiger partial charge on any atom is -0.406 e. The first kappa shape index (κ1) is 28.9. The zero-order valence-electron chi connectivity index (χ0n) is 23.1. The van der Waals surface area contributed by atoms with Crippen LogP contribution < -0.4 is 10.4 Å². The van der Waals surface area contributed by atoms with E-state index in [9.17, 15) is 10.2 Å². The molecule has 4 rings (SSSR count). The van der Waals surface area contributed by atoms with Crippen molar-refractivity contribution in [2.75, 3.05) is 19.7 Å². The van der Waals surface area contributed by atoms with Crippen LogP contribution in [0.1, 0.15) is 40.5 Å². The molecule has 0 saturated carbocycles. The predicted octanol–water partition coefficient (Wildman–Crippen LogP) is 2.45. The monoisotopic (exact) mass is 555 g/mol. The number of likely N-dealkylation sites (tertiary alicyclic amines) is 1. The van der Waals surface area contributed by atoms with Crippen LogP contribution in [0.4, 0.5) is 0 Å². The summed E-state index contributed by atoms with van der Waals surface area (Å²) in [7, 11) is -0.995. The van der Waals surface area contributed by atoms with Crippen molar-refractivity contribution in [3.05, 3.63) is 60.7 Å². The van der Waals surface area contributed by atoms with Crippen molar-refractivity contribution in [1.82, 2.24) is 25.1 Å². The van der Waals surface area contributed by atoms with Crippen molar-refractivity contribution < 1.29 is 14.6 Å². The lowest BCUT2D eigenvalue weighted by Gasteiger charge is -2.48. The maximum absolute atomic E-state index is 11.5. The second-order valence-corrected chi connectivity index (χ2v) is 16.6. The summed E-state index contributed by atoms with van der Waals surface area (Å²) < 4.78 is 8.77. The maximum atomic E-state index is 11.5. The SMILES string of the molecule is CCCCN1C[C@H](Sc2nnnn2C)[C@@H](O)[C@H](O)C1CO[Si](c1ccccc1)(c1ccccc1)C(C)(C)C. The molecule has 1 saturated heterocycles. The minimum atomic E-state index is -2.78. The number of nitrogens with zero attached hydrogens (tertiary/aromatic N) is 5. The number of rotatable bonds is 10. The number of aliphatic hydroxyl groups excluding tert-OH is 2. The van der Waals surface area contributed by atoms with Gasteiger partial charge in [0, 0.05) is 13.6 Å². The lowest BCUT2D eigenvalue weighted by molar-refractivity contribution is -0.0840. The van der Waals surface area contributed by atoms with Crippen molar-refractivity contribution in [2.45, 2.75) is 74.2 Å². The van der Waals surface area contributed by atoms with Crippen molar-refractivity contribution in [1.29, 1.82) is 0 Å². The van der Waals surface area contributed by atoms with Crippen LogP contribution in [-0.2, 0) is 11.5 Å². The third-order valence-electron chi connectivity index (χ3n) is 7.53. The molecule has 1 aliphatic heterocycles. The summed E-state index contributed by atoms with van der Waals surface area (Å²) in [6, 6.07) is 20.7. The van der Waals surface area contributed by atoms with E-state index in [-0.39, 0.29) is 16.3 Å². The quantitative estimate of drug-likeness (QED) is 0.369. The van der Waals surface area contributed by atoms with Crippen LogP contribution in [0, 0.1) is 0 Å². The van der Waals surface area contributed by atoms with Gasteiger partial charge in [-0.15, -0.1) is 5.10 Å². The van der Waals surface area contributed by atoms with E-state index in [0.717, 1.165) is 19.4 Å². The van der Waals surface area contributed by atoms with Crippen LogP contribution in [0.25, 0.3) is 0 Å². The Morgan fingerprint density at radius 2 is 1.61 bits per heavy atom. The van der Waals surface area contributed by atoms with E-state index >= 15 is 0 Å². The van der Waals surface area contributed by atoms with Gasteiger partial charge in [-0.25, -0.2) is 4.68 Å². The van der Waals surface area contributed by atoms with E-state index in [2.05, 4.69) is 96.7 Å². The second-order valence-electron chi connectivity index (χ2n) is 11.1. The van der Waals surface area contributed by atoms with Crippen molar-refractivity contribution in [3.63, 3.8) is 0 Å². The number of benzene rings is 2. The molecule has 1 fully saturated rings. The van der Waals surface area contributed by atoms with Gasteiger partial charge in [-0.2, -0.15) is 0 Å². The van der Waals surface area contributed by atoms with E-state index in [1.54, 1.807) is 11.7 Å². The molecule has 3 aromatic rings. The second kappa shape index (κ2) is 12.4. The zero-order valence-corrected chi connectivity index (χ0v) is 24.9. The molecule has 0 radical (unpaired) electrons. The van der Waals surface area contributed by atoms with Gasteiger partial charge < -0.3 is 14.6 Å².